The zero-order chi connectivity index (χ0) is 12.7. The lowest BCUT2D eigenvalue weighted by Crippen LogP contribution is -2.41. The van der Waals surface area contributed by atoms with E-state index >= 15 is 0 Å². The molecule has 0 aliphatic carbocycles. The molecule has 2 aliphatic heterocycles. The Morgan fingerprint density at radius 2 is 2.11 bits per heavy atom. The molecule has 98 valence electrons. The van der Waals surface area contributed by atoms with Crippen molar-refractivity contribution in [3.8, 4) is 0 Å². The topological polar surface area (TPSA) is 62.9 Å². The number of carboxylic acid groups (broad SMARTS) is 1. The molecule has 0 aromatic carbocycles. The number of morpholine rings is 1. The number of aryl methyl sites for hydroxylation is 1. The number of furan rings is 1. The van der Waals surface area contributed by atoms with Gasteiger partial charge in [-0.1, -0.05) is 0 Å². The zero-order valence-corrected chi connectivity index (χ0v) is 10.4. The van der Waals surface area contributed by atoms with Crippen molar-refractivity contribution in [3.63, 3.8) is 0 Å². The van der Waals surface area contributed by atoms with Crippen molar-refractivity contribution >= 4 is 5.97 Å². The lowest BCUT2D eigenvalue weighted by molar-refractivity contribution is -0.0428. The zero-order valence-electron chi connectivity index (χ0n) is 10.4. The molecule has 2 bridgehead atoms. The Hall–Kier alpha value is -1.33. The van der Waals surface area contributed by atoms with Crippen molar-refractivity contribution in [2.45, 2.75) is 38.5 Å². The average Bonchev–Trinajstić information content (AvgIpc) is 2.82. The third kappa shape index (κ3) is 2.15. The summed E-state index contributed by atoms with van der Waals surface area (Å²) in [4.78, 5) is 13.2. The summed E-state index contributed by atoms with van der Waals surface area (Å²) in [6.45, 7) is 4.27. The minimum absolute atomic E-state index is 0.0567. The normalized spacial score (nSPS) is 27.6. The van der Waals surface area contributed by atoms with Crippen molar-refractivity contribution in [2.75, 3.05) is 13.1 Å². The molecule has 3 rings (SSSR count). The number of aromatic carboxylic acids is 1. The average molecular weight is 251 g/mol. The molecule has 3 heterocycles. The van der Waals surface area contributed by atoms with Crippen LogP contribution in [0.1, 0.15) is 34.7 Å². The van der Waals surface area contributed by atoms with Crippen LogP contribution in [-0.2, 0) is 11.3 Å². The highest BCUT2D eigenvalue weighted by atomic mass is 16.5. The van der Waals surface area contributed by atoms with Crippen molar-refractivity contribution in [2.24, 2.45) is 0 Å². The van der Waals surface area contributed by atoms with Crippen LogP contribution >= 0.6 is 0 Å². The van der Waals surface area contributed by atoms with Gasteiger partial charge in [0.2, 0.25) is 5.76 Å². The molecule has 1 aromatic rings. The van der Waals surface area contributed by atoms with E-state index in [4.69, 9.17) is 14.3 Å². The summed E-state index contributed by atoms with van der Waals surface area (Å²) in [6, 6.07) is 1.82. The molecule has 2 saturated heterocycles. The summed E-state index contributed by atoms with van der Waals surface area (Å²) in [7, 11) is 0. The Kier molecular flexibility index (Phi) is 2.87. The fourth-order valence-electron chi connectivity index (χ4n) is 2.89. The van der Waals surface area contributed by atoms with Crippen LogP contribution in [0.3, 0.4) is 0 Å². The number of rotatable bonds is 3. The first kappa shape index (κ1) is 11.7. The van der Waals surface area contributed by atoms with Crippen LogP contribution in [0, 0.1) is 6.92 Å². The highest BCUT2D eigenvalue weighted by molar-refractivity contribution is 5.86. The molecule has 1 aromatic heterocycles. The van der Waals surface area contributed by atoms with E-state index in [-0.39, 0.29) is 5.76 Å². The van der Waals surface area contributed by atoms with E-state index in [2.05, 4.69) is 4.90 Å². The van der Waals surface area contributed by atoms with Crippen molar-refractivity contribution in [3.05, 3.63) is 23.2 Å². The third-order valence-corrected chi connectivity index (χ3v) is 3.66. The minimum Gasteiger partial charge on any atom is -0.475 e. The highest BCUT2D eigenvalue weighted by Crippen LogP contribution is 2.27. The Morgan fingerprint density at radius 3 is 2.67 bits per heavy atom. The maximum absolute atomic E-state index is 10.9. The minimum atomic E-state index is -0.999. The number of hydrogen-bond donors (Lipinski definition) is 1. The first-order valence-electron chi connectivity index (χ1n) is 6.32. The van der Waals surface area contributed by atoms with Gasteiger partial charge in [-0.15, -0.1) is 0 Å². The smallest absolute Gasteiger partial charge is 0.372 e. The molecule has 2 aliphatic rings. The van der Waals surface area contributed by atoms with Crippen molar-refractivity contribution < 1.29 is 19.1 Å². The molecule has 5 heteroatoms. The molecule has 18 heavy (non-hydrogen) atoms. The van der Waals surface area contributed by atoms with Crippen LogP contribution in [0.5, 0.6) is 0 Å². The number of carboxylic acids is 1. The Labute approximate surface area is 105 Å². The van der Waals surface area contributed by atoms with Gasteiger partial charge in [-0.25, -0.2) is 4.79 Å². The molecule has 2 unspecified atom stereocenters. The quantitative estimate of drug-likeness (QED) is 0.885. The summed E-state index contributed by atoms with van der Waals surface area (Å²) >= 11 is 0. The summed E-state index contributed by atoms with van der Waals surface area (Å²) < 4.78 is 11.2. The first-order valence-corrected chi connectivity index (χ1v) is 6.32. The summed E-state index contributed by atoms with van der Waals surface area (Å²) in [5.74, 6) is -0.215. The van der Waals surface area contributed by atoms with E-state index in [9.17, 15) is 4.79 Å². The fraction of sp³-hybridized carbons (Fsp3) is 0.615. The van der Waals surface area contributed by atoms with Crippen LogP contribution in [0.4, 0.5) is 0 Å². The molecule has 2 fully saturated rings. The van der Waals surface area contributed by atoms with Gasteiger partial charge >= 0.3 is 5.97 Å². The maximum Gasteiger partial charge on any atom is 0.372 e. The van der Waals surface area contributed by atoms with Gasteiger partial charge < -0.3 is 14.3 Å². The summed E-state index contributed by atoms with van der Waals surface area (Å²) in [5, 5.41) is 8.95. The SMILES string of the molecule is Cc1cc(CN2CC3CCC(C2)O3)oc1C(=O)O. The van der Waals surface area contributed by atoms with Crippen LogP contribution in [0.2, 0.25) is 0 Å². The van der Waals surface area contributed by atoms with Gasteiger partial charge in [0.25, 0.3) is 0 Å². The number of hydrogen-bond acceptors (Lipinski definition) is 4. The van der Waals surface area contributed by atoms with Gasteiger partial charge in [-0.3, -0.25) is 4.90 Å². The predicted molar refractivity (Wildman–Crippen MR) is 63.6 cm³/mol. The Balaban J connectivity index is 1.69. The second-order valence-electron chi connectivity index (χ2n) is 5.18. The lowest BCUT2D eigenvalue weighted by atomic mass is 10.2. The maximum atomic E-state index is 10.9. The predicted octanol–water partition coefficient (Wildman–Crippen LogP) is 1.65. The second kappa shape index (κ2) is 4.40. The van der Waals surface area contributed by atoms with Crippen LogP contribution in [-0.4, -0.2) is 41.3 Å². The van der Waals surface area contributed by atoms with E-state index in [0.29, 0.717) is 24.3 Å². The Bertz CT molecular complexity index is 456. The standard InChI is InChI=1S/C13H17NO4/c1-8-4-11(18-12(8)13(15)16)7-14-5-9-2-3-10(6-14)17-9/h4,9-10H,2-3,5-7H2,1H3,(H,15,16). The van der Waals surface area contributed by atoms with Gasteiger partial charge in [0.15, 0.2) is 0 Å². The van der Waals surface area contributed by atoms with Crippen LogP contribution in [0.15, 0.2) is 10.5 Å². The molecule has 0 radical (unpaired) electrons. The number of ether oxygens (including phenoxy) is 1. The van der Waals surface area contributed by atoms with Gasteiger partial charge in [0.05, 0.1) is 18.8 Å². The molecular formula is C13H17NO4. The first-order chi connectivity index (χ1) is 8.61. The van der Waals surface area contributed by atoms with Crippen LogP contribution < -0.4 is 0 Å². The number of fused-ring (bicyclic) bond motifs is 2. The second-order valence-corrected chi connectivity index (χ2v) is 5.18. The number of likely N-dealkylation sites (tertiary alicyclic amines) is 1. The molecule has 2 atom stereocenters. The van der Waals surface area contributed by atoms with Crippen molar-refractivity contribution in [1.29, 1.82) is 0 Å². The van der Waals surface area contributed by atoms with E-state index in [1.54, 1.807) is 6.92 Å². The lowest BCUT2D eigenvalue weighted by Gasteiger charge is -2.31. The van der Waals surface area contributed by atoms with Crippen LogP contribution in [0.25, 0.3) is 0 Å². The fourth-order valence-corrected chi connectivity index (χ4v) is 2.89. The van der Waals surface area contributed by atoms with E-state index in [1.165, 1.54) is 0 Å². The van der Waals surface area contributed by atoms with Gasteiger partial charge in [-0.05, 0) is 25.8 Å². The van der Waals surface area contributed by atoms with E-state index in [1.807, 2.05) is 6.07 Å². The molecule has 0 spiro atoms. The molecule has 0 amide bonds. The molecule has 5 nitrogen and oxygen atoms in total. The number of carbonyl (C=O) groups is 1. The highest BCUT2D eigenvalue weighted by Gasteiger charge is 2.34. The van der Waals surface area contributed by atoms with E-state index < -0.39 is 5.97 Å². The van der Waals surface area contributed by atoms with Gasteiger partial charge in [0, 0.05) is 18.7 Å². The van der Waals surface area contributed by atoms with Gasteiger partial charge in [0.1, 0.15) is 5.76 Å². The van der Waals surface area contributed by atoms with E-state index in [0.717, 1.165) is 31.7 Å². The molecular weight excluding hydrogens is 234 g/mol. The van der Waals surface area contributed by atoms with Crippen molar-refractivity contribution in [1.82, 2.24) is 4.90 Å². The summed E-state index contributed by atoms with van der Waals surface area (Å²) in [6.07, 6.45) is 2.97. The third-order valence-electron chi connectivity index (χ3n) is 3.66. The largest absolute Gasteiger partial charge is 0.475 e. The summed E-state index contributed by atoms with van der Waals surface area (Å²) in [5.41, 5.74) is 0.689. The molecule has 0 saturated carbocycles. The molecule has 1 N–H and O–H groups in total. The monoisotopic (exact) mass is 251 g/mol. The number of nitrogens with zero attached hydrogens (tertiary/aromatic N) is 1. The van der Waals surface area contributed by atoms with Gasteiger partial charge in [-0.2, -0.15) is 0 Å². The Morgan fingerprint density at radius 1 is 1.44 bits per heavy atom.